The van der Waals surface area contributed by atoms with E-state index in [2.05, 4.69) is 0 Å². The first-order valence-electron chi connectivity index (χ1n) is 6.09. The van der Waals surface area contributed by atoms with Crippen LogP contribution in [-0.4, -0.2) is 17.6 Å². The molecule has 0 fully saturated rings. The van der Waals surface area contributed by atoms with E-state index in [4.69, 9.17) is 5.73 Å². The predicted octanol–water partition coefficient (Wildman–Crippen LogP) is 2.64. The van der Waals surface area contributed by atoms with Crippen LogP contribution in [0.3, 0.4) is 0 Å². The molecule has 3 N–H and O–H groups in total. The number of nitrogen functional groups attached to an aromatic ring is 1. The number of rotatable bonds is 3. The molecule has 98 valence electrons. The van der Waals surface area contributed by atoms with Gasteiger partial charge in [-0.2, -0.15) is 0 Å². The molecular weight excluding hydrogens is 240 g/mol. The number of para-hydroxylation sites is 1. The molecule has 2 aromatic carbocycles. The van der Waals surface area contributed by atoms with Gasteiger partial charge in [0.15, 0.2) is 0 Å². The Kier molecular flexibility index (Phi) is 3.71. The van der Waals surface area contributed by atoms with Gasteiger partial charge in [0.2, 0.25) is 0 Å². The lowest BCUT2D eigenvalue weighted by Gasteiger charge is -2.21. The van der Waals surface area contributed by atoms with Crippen molar-refractivity contribution in [3.63, 3.8) is 0 Å². The van der Waals surface area contributed by atoms with E-state index in [-0.39, 0.29) is 17.2 Å². The molecule has 0 unspecified atom stereocenters. The van der Waals surface area contributed by atoms with E-state index >= 15 is 0 Å². The monoisotopic (exact) mass is 256 g/mol. The highest BCUT2D eigenvalue weighted by Crippen LogP contribution is 2.24. The minimum atomic E-state index is -0.244. The second-order valence-corrected chi connectivity index (χ2v) is 4.16. The second kappa shape index (κ2) is 5.44. The molecule has 4 heteroatoms. The summed E-state index contributed by atoms with van der Waals surface area (Å²) < 4.78 is 0. The van der Waals surface area contributed by atoms with E-state index in [1.807, 2.05) is 37.3 Å². The quantitative estimate of drug-likeness (QED) is 0.830. The number of carbonyl (C=O) groups excluding carboxylic acids is 1. The van der Waals surface area contributed by atoms with Crippen molar-refractivity contribution in [2.75, 3.05) is 17.2 Å². The summed E-state index contributed by atoms with van der Waals surface area (Å²) in [6.45, 7) is 2.41. The molecule has 2 rings (SSSR count). The Hall–Kier alpha value is -2.49. The van der Waals surface area contributed by atoms with Crippen LogP contribution in [0.1, 0.15) is 17.3 Å². The topological polar surface area (TPSA) is 66.6 Å². The van der Waals surface area contributed by atoms with E-state index in [9.17, 15) is 9.90 Å². The van der Waals surface area contributed by atoms with Gasteiger partial charge in [0.25, 0.3) is 5.91 Å². The molecule has 4 nitrogen and oxygen atoms in total. The van der Waals surface area contributed by atoms with Crippen molar-refractivity contribution < 1.29 is 9.90 Å². The highest BCUT2D eigenvalue weighted by Gasteiger charge is 2.18. The van der Waals surface area contributed by atoms with Crippen molar-refractivity contribution in [2.24, 2.45) is 0 Å². The van der Waals surface area contributed by atoms with Crippen LogP contribution in [0.5, 0.6) is 5.75 Å². The van der Waals surface area contributed by atoms with Crippen molar-refractivity contribution in [1.82, 2.24) is 0 Å². The van der Waals surface area contributed by atoms with Gasteiger partial charge in [-0.1, -0.05) is 18.2 Å². The molecule has 0 aliphatic heterocycles. The Bertz CT molecular complexity index is 582. The molecule has 0 aliphatic rings. The molecule has 0 heterocycles. The smallest absolute Gasteiger partial charge is 0.262 e. The maximum absolute atomic E-state index is 12.4. The Morgan fingerprint density at radius 3 is 2.47 bits per heavy atom. The lowest BCUT2D eigenvalue weighted by atomic mass is 10.1. The first-order chi connectivity index (χ1) is 9.13. The van der Waals surface area contributed by atoms with Crippen LogP contribution in [0.15, 0.2) is 48.5 Å². The summed E-state index contributed by atoms with van der Waals surface area (Å²) in [5, 5.41) is 9.83. The van der Waals surface area contributed by atoms with Crippen molar-refractivity contribution in [3.8, 4) is 5.75 Å². The van der Waals surface area contributed by atoms with E-state index < -0.39 is 0 Å². The number of carbonyl (C=O) groups is 1. The molecule has 0 atom stereocenters. The van der Waals surface area contributed by atoms with Gasteiger partial charge in [-0.15, -0.1) is 0 Å². The van der Waals surface area contributed by atoms with E-state index in [1.165, 1.54) is 6.07 Å². The third-order valence-electron chi connectivity index (χ3n) is 2.88. The van der Waals surface area contributed by atoms with Gasteiger partial charge in [0, 0.05) is 24.0 Å². The fourth-order valence-corrected chi connectivity index (χ4v) is 1.93. The minimum absolute atomic E-state index is 0.0978. The Morgan fingerprint density at radius 1 is 1.21 bits per heavy atom. The van der Waals surface area contributed by atoms with Crippen LogP contribution in [0.25, 0.3) is 0 Å². The Balaban J connectivity index is 2.36. The fourth-order valence-electron chi connectivity index (χ4n) is 1.93. The van der Waals surface area contributed by atoms with Gasteiger partial charge in [-0.3, -0.25) is 4.79 Å². The molecule has 0 radical (unpaired) electrons. The van der Waals surface area contributed by atoms with Crippen molar-refractivity contribution in [3.05, 3.63) is 54.1 Å². The summed E-state index contributed by atoms with van der Waals surface area (Å²) in [7, 11) is 0. The van der Waals surface area contributed by atoms with Crippen molar-refractivity contribution >= 4 is 17.3 Å². The van der Waals surface area contributed by atoms with Gasteiger partial charge < -0.3 is 15.7 Å². The number of phenolic OH excluding ortho intramolecular Hbond substituents is 1. The van der Waals surface area contributed by atoms with Crippen LogP contribution in [0.2, 0.25) is 0 Å². The highest BCUT2D eigenvalue weighted by molar-refractivity contribution is 6.08. The van der Waals surface area contributed by atoms with Crippen LogP contribution in [0.4, 0.5) is 11.4 Å². The zero-order valence-electron chi connectivity index (χ0n) is 10.7. The normalized spacial score (nSPS) is 10.2. The first-order valence-corrected chi connectivity index (χ1v) is 6.09. The largest absolute Gasteiger partial charge is 0.507 e. The first kappa shape index (κ1) is 13.0. The van der Waals surface area contributed by atoms with Crippen LogP contribution in [0, 0.1) is 0 Å². The van der Waals surface area contributed by atoms with Crippen molar-refractivity contribution in [2.45, 2.75) is 6.92 Å². The summed E-state index contributed by atoms with van der Waals surface area (Å²) in [4.78, 5) is 14.0. The van der Waals surface area contributed by atoms with E-state index in [0.29, 0.717) is 12.2 Å². The fraction of sp³-hybridized carbons (Fsp3) is 0.133. The third-order valence-corrected chi connectivity index (χ3v) is 2.88. The summed E-state index contributed by atoms with van der Waals surface area (Å²) >= 11 is 0. The van der Waals surface area contributed by atoms with Crippen LogP contribution < -0.4 is 10.6 Å². The standard InChI is InChI=1S/C15H16N2O2/c1-2-17(12-6-4-3-5-7-12)15(19)13-9-8-11(16)10-14(13)18/h3-10,18H,2,16H2,1H3. The average Bonchev–Trinajstić information content (AvgIpc) is 2.40. The summed E-state index contributed by atoms with van der Waals surface area (Å²) in [6.07, 6.45) is 0. The van der Waals surface area contributed by atoms with Gasteiger partial charge >= 0.3 is 0 Å². The number of phenols is 1. The number of amides is 1. The molecule has 19 heavy (non-hydrogen) atoms. The number of anilines is 2. The Morgan fingerprint density at radius 2 is 1.89 bits per heavy atom. The predicted molar refractivity (Wildman–Crippen MR) is 76.3 cm³/mol. The average molecular weight is 256 g/mol. The molecule has 0 aliphatic carbocycles. The zero-order valence-corrected chi connectivity index (χ0v) is 10.7. The minimum Gasteiger partial charge on any atom is -0.507 e. The molecular formula is C15H16N2O2. The third kappa shape index (κ3) is 2.68. The molecule has 0 spiro atoms. The number of benzene rings is 2. The summed E-state index contributed by atoms with van der Waals surface area (Å²) in [6, 6.07) is 13.9. The maximum Gasteiger partial charge on any atom is 0.262 e. The summed E-state index contributed by atoms with van der Waals surface area (Å²) in [5.41, 5.74) is 7.04. The summed E-state index contributed by atoms with van der Waals surface area (Å²) in [5.74, 6) is -0.342. The number of aromatic hydroxyl groups is 1. The number of hydrogen-bond acceptors (Lipinski definition) is 3. The van der Waals surface area contributed by atoms with Crippen LogP contribution >= 0.6 is 0 Å². The highest BCUT2D eigenvalue weighted by atomic mass is 16.3. The molecule has 1 amide bonds. The lowest BCUT2D eigenvalue weighted by Crippen LogP contribution is -2.30. The lowest BCUT2D eigenvalue weighted by molar-refractivity contribution is 0.0986. The molecule has 0 aromatic heterocycles. The molecule has 0 saturated carbocycles. The maximum atomic E-state index is 12.4. The SMILES string of the molecule is CCN(C(=O)c1ccc(N)cc1O)c1ccccc1. The van der Waals surface area contributed by atoms with Crippen LogP contribution in [-0.2, 0) is 0 Å². The van der Waals surface area contributed by atoms with Gasteiger partial charge in [0.1, 0.15) is 5.75 Å². The second-order valence-electron chi connectivity index (χ2n) is 4.16. The molecule has 2 aromatic rings. The zero-order chi connectivity index (χ0) is 13.8. The van der Waals surface area contributed by atoms with Gasteiger partial charge in [-0.25, -0.2) is 0 Å². The van der Waals surface area contributed by atoms with Gasteiger partial charge in [0.05, 0.1) is 5.56 Å². The van der Waals surface area contributed by atoms with Crippen molar-refractivity contribution in [1.29, 1.82) is 0 Å². The number of nitrogens with two attached hydrogens (primary N) is 1. The van der Waals surface area contributed by atoms with E-state index in [1.54, 1.807) is 17.0 Å². The number of nitrogens with zero attached hydrogens (tertiary/aromatic N) is 1. The van der Waals surface area contributed by atoms with Gasteiger partial charge in [-0.05, 0) is 31.2 Å². The molecule has 0 saturated heterocycles. The molecule has 0 bridgehead atoms. The van der Waals surface area contributed by atoms with E-state index in [0.717, 1.165) is 5.69 Å². The number of hydrogen-bond donors (Lipinski definition) is 2. The Labute approximate surface area is 112 Å².